The van der Waals surface area contributed by atoms with Crippen molar-refractivity contribution in [2.24, 2.45) is 0 Å². The van der Waals surface area contributed by atoms with E-state index in [0.29, 0.717) is 0 Å². The van der Waals surface area contributed by atoms with Gasteiger partial charge in [-0.1, -0.05) is 38.8 Å². The molecule has 4 heteroatoms. The van der Waals surface area contributed by atoms with Gasteiger partial charge in [0.1, 0.15) is 0 Å². The molecule has 1 nitrogen and oxygen atoms in total. The predicted molar refractivity (Wildman–Crippen MR) is 80.9 cm³/mol. The lowest BCUT2D eigenvalue weighted by atomic mass is 10.1. The fourth-order valence-corrected chi connectivity index (χ4v) is 3.88. The third-order valence-electron chi connectivity index (χ3n) is 2.77. The van der Waals surface area contributed by atoms with E-state index in [1.54, 1.807) is 0 Å². The highest BCUT2D eigenvalue weighted by Gasteiger charge is 2.18. The Hall–Kier alpha value is 0.330. The number of benzene rings is 1. The van der Waals surface area contributed by atoms with Crippen molar-refractivity contribution in [3.8, 4) is 0 Å². The van der Waals surface area contributed by atoms with Gasteiger partial charge in [0.2, 0.25) is 0 Å². The Morgan fingerprint density at radius 2 is 2.31 bits per heavy atom. The third-order valence-corrected chi connectivity index (χ3v) is 5.00. The molecule has 1 fully saturated rings. The second kappa shape index (κ2) is 5.78. The molecule has 1 unspecified atom stereocenters. The predicted octanol–water partition coefficient (Wildman–Crippen LogP) is 4.29. The molecule has 88 valence electrons. The topological polar surface area (TPSA) is 3.24 Å². The molecule has 1 aromatic rings. The smallest absolute Gasteiger partial charge is 0.0408 e. The Balaban J connectivity index is 2.24. The molecule has 0 bridgehead atoms. The second-order valence-corrected chi connectivity index (χ2v) is 7.06. The molecule has 1 atom stereocenters. The number of hydrogen-bond acceptors (Lipinski definition) is 2. The van der Waals surface area contributed by atoms with Gasteiger partial charge in [-0.2, -0.15) is 11.8 Å². The molecule has 16 heavy (non-hydrogen) atoms. The van der Waals surface area contributed by atoms with Crippen LogP contribution >= 0.6 is 43.6 Å². The average molecular weight is 365 g/mol. The van der Waals surface area contributed by atoms with Crippen molar-refractivity contribution in [3.05, 3.63) is 28.2 Å². The van der Waals surface area contributed by atoms with Crippen LogP contribution in [-0.4, -0.2) is 24.1 Å². The molecular formula is C12H15Br2NS. The lowest BCUT2D eigenvalue weighted by Crippen LogP contribution is -2.37. The molecule has 0 N–H and O–H groups in total. The van der Waals surface area contributed by atoms with Crippen LogP contribution in [0.25, 0.3) is 0 Å². The lowest BCUT2D eigenvalue weighted by molar-refractivity contribution is 0.780. The molecule has 0 aliphatic carbocycles. The van der Waals surface area contributed by atoms with E-state index in [1.165, 1.54) is 17.0 Å². The van der Waals surface area contributed by atoms with Crippen LogP contribution in [0.1, 0.15) is 12.5 Å². The van der Waals surface area contributed by atoms with Crippen LogP contribution in [0, 0.1) is 0 Å². The maximum atomic E-state index is 3.57. The Kier molecular flexibility index (Phi) is 4.62. The summed E-state index contributed by atoms with van der Waals surface area (Å²) in [6, 6.07) is 6.56. The Labute approximate surface area is 118 Å². The molecule has 1 aliphatic heterocycles. The van der Waals surface area contributed by atoms with Crippen molar-refractivity contribution in [1.82, 2.24) is 0 Å². The Morgan fingerprint density at radius 1 is 1.50 bits per heavy atom. The lowest BCUT2D eigenvalue weighted by Gasteiger charge is -2.33. The zero-order chi connectivity index (χ0) is 11.5. The van der Waals surface area contributed by atoms with Gasteiger partial charge in [-0.25, -0.2) is 0 Å². The van der Waals surface area contributed by atoms with Crippen LogP contribution in [0.4, 0.5) is 5.69 Å². The number of nitrogens with zero attached hydrogens (tertiary/aromatic N) is 1. The van der Waals surface area contributed by atoms with Gasteiger partial charge in [0.05, 0.1) is 0 Å². The van der Waals surface area contributed by atoms with Gasteiger partial charge in [-0.3, -0.25) is 0 Å². The van der Waals surface area contributed by atoms with Crippen LogP contribution in [0.15, 0.2) is 22.7 Å². The molecule has 1 saturated heterocycles. The first kappa shape index (κ1) is 12.8. The molecule has 0 aromatic heterocycles. The summed E-state index contributed by atoms with van der Waals surface area (Å²) in [4.78, 5) is 2.50. The molecule has 1 heterocycles. The minimum absolute atomic E-state index is 0.737. The molecule has 0 saturated carbocycles. The number of alkyl halides is 1. The van der Waals surface area contributed by atoms with Crippen LogP contribution in [0.5, 0.6) is 0 Å². The number of anilines is 1. The van der Waals surface area contributed by atoms with Gasteiger partial charge in [-0.15, -0.1) is 0 Å². The largest absolute Gasteiger partial charge is 0.369 e. The van der Waals surface area contributed by atoms with E-state index in [-0.39, 0.29) is 0 Å². The summed E-state index contributed by atoms with van der Waals surface area (Å²) in [7, 11) is 0. The van der Waals surface area contributed by atoms with Crippen molar-refractivity contribution in [3.63, 3.8) is 0 Å². The standard InChI is InChI=1S/C12H15Br2NS/c1-9-8-15(4-5-16-9)12-3-2-11(14)6-10(12)7-13/h2-3,6,9H,4-5,7-8H2,1H3. The molecule has 1 aliphatic rings. The maximum absolute atomic E-state index is 3.57. The van der Waals surface area contributed by atoms with Crippen molar-refractivity contribution in [2.45, 2.75) is 17.5 Å². The third kappa shape index (κ3) is 2.96. The fraction of sp³-hybridized carbons (Fsp3) is 0.500. The van der Waals surface area contributed by atoms with E-state index in [1.807, 2.05) is 0 Å². The van der Waals surface area contributed by atoms with E-state index < -0.39 is 0 Å². The molecule has 0 amide bonds. The highest BCUT2D eigenvalue weighted by atomic mass is 79.9. The second-order valence-electron chi connectivity index (χ2n) is 4.03. The van der Waals surface area contributed by atoms with Crippen LogP contribution in [-0.2, 0) is 5.33 Å². The van der Waals surface area contributed by atoms with Crippen molar-refractivity contribution < 1.29 is 0 Å². The number of rotatable bonds is 2. The normalized spacial score (nSPS) is 21.2. The summed E-state index contributed by atoms with van der Waals surface area (Å²) in [5.74, 6) is 1.24. The number of hydrogen-bond donors (Lipinski definition) is 0. The van der Waals surface area contributed by atoms with Crippen molar-refractivity contribution >= 4 is 49.3 Å². The van der Waals surface area contributed by atoms with E-state index in [9.17, 15) is 0 Å². The summed E-state index contributed by atoms with van der Waals surface area (Å²) in [6.07, 6.45) is 0. The summed E-state index contributed by atoms with van der Waals surface area (Å²) in [6.45, 7) is 4.63. The number of thioether (sulfide) groups is 1. The summed E-state index contributed by atoms with van der Waals surface area (Å²) in [5, 5.41) is 1.65. The zero-order valence-corrected chi connectivity index (χ0v) is 13.2. The van der Waals surface area contributed by atoms with Gasteiger partial charge >= 0.3 is 0 Å². The molecule has 0 spiro atoms. The first-order chi connectivity index (χ1) is 7.70. The van der Waals surface area contributed by atoms with Gasteiger partial charge in [0, 0.05) is 39.6 Å². The molecule has 0 radical (unpaired) electrons. The van der Waals surface area contributed by atoms with E-state index >= 15 is 0 Å². The minimum Gasteiger partial charge on any atom is -0.369 e. The Morgan fingerprint density at radius 3 is 3.00 bits per heavy atom. The van der Waals surface area contributed by atoms with Gasteiger partial charge < -0.3 is 4.90 Å². The number of halogens is 2. The first-order valence-electron chi connectivity index (χ1n) is 5.41. The SMILES string of the molecule is CC1CN(c2ccc(Br)cc2CBr)CCS1. The van der Waals surface area contributed by atoms with Crippen molar-refractivity contribution in [2.75, 3.05) is 23.7 Å². The summed E-state index contributed by atoms with van der Waals surface area (Å²) in [5.41, 5.74) is 2.75. The molecular weight excluding hydrogens is 350 g/mol. The summed E-state index contributed by atoms with van der Waals surface area (Å²) < 4.78 is 1.16. The van der Waals surface area contributed by atoms with Crippen LogP contribution in [0.3, 0.4) is 0 Å². The zero-order valence-electron chi connectivity index (χ0n) is 9.25. The van der Waals surface area contributed by atoms with Crippen LogP contribution in [0.2, 0.25) is 0 Å². The van der Waals surface area contributed by atoms with E-state index in [2.05, 4.69) is 73.6 Å². The van der Waals surface area contributed by atoms with Gasteiger partial charge in [0.15, 0.2) is 0 Å². The highest BCUT2D eigenvalue weighted by Crippen LogP contribution is 2.30. The molecule has 2 rings (SSSR count). The summed E-state index contributed by atoms with van der Waals surface area (Å²) >= 11 is 9.17. The van der Waals surface area contributed by atoms with E-state index in [0.717, 1.165) is 28.1 Å². The molecule has 1 aromatic carbocycles. The quantitative estimate of drug-likeness (QED) is 0.720. The van der Waals surface area contributed by atoms with Gasteiger partial charge in [-0.05, 0) is 23.8 Å². The first-order valence-corrected chi connectivity index (χ1v) is 8.38. The van der Waals surface area contributed by atoms with Gasteiger partial charge in [0.25, 0.3) is 0 Å². The monoisotopic (exact) mass is 363 g/mol. The average Bonchev–Trinajstić information content (AvgIpc) is 2.28. The Bertz CT molecular complexity index is 370. The highest BCUT2D eigenvalue weighted by molar-refractivity contribution is 9.10. The minimum atomic E-state index is 0.737. The maximum Gasteiger partial charge on any atom is 0.0408 e. The van der Waals surface area contributed by atoms with Crippen LogP contribution < -0.4 is 4.90 Å². The van der Waals surface area contributed by atoms with E-state index in [4.69, 9.17) is 0 Å². The fourth-order valence-electron chi connectivity index (χ4n) is 2.01. The van der Waals surface area contributed by atoms with Crippen molar-refractivity contribution in [1.29, 1.82) is 0 Å².